The third kappa shape index (κ3) is 10.5. The van der Waals surface area contributed by atoms with Crippen LogP contribution in [0.1, 0.15) is 50.4 Å². The van der Waals surface area contributed by atoms with E-state index in [0.717, 1.165) is 25.0 Å². The molecule has 3 N–H and O–H groups in total. The fraction of sp³-hybridized carbons (Fsp3) is 0.444. The molecule has 0 fully saturated rings. The number of fused-ring (bicyclic) bond motifs is 1. The lowest BCUT2D eigenvalue weighted by molar-refractivity contribution is -0.00597. The average molecular weight is 698 g/mol. The standard InChI is InChI=1S/C36H48FN5O6S/c1-25-23-42(26(2)22-38-4)35(43)32-21-30(40-36(44)39-29-12-7-6-8-13-29)16-19-33(32)48-27(3)11-9-10-20-47-34(25)24-41(5)49(45,46)31-17-14-28(37)15-18-31/h6-8,12-19,21,25-27,34,38H,9-11,20,22-24H2,1-5H3,(H2,39,40,44)/t25-,26+,27+,34+/m1/s1. The smallest absolute Gasteiger partial charge is 0.323 e. The summed E-state index contributed by atoms with van der Waals surface area (Å²) in [5, 5.41) is 8.76. The van der Waals surface area contributed by atoms with Crippen LogP contribution < -0.4 is 20.7 Å². The van der Waals surface area contributed by atoms with E-state index in [1.165, 1.54) is 23.5 Å². The maximum Gasteiger partial charge on any atom is 0.323 e. The normalized spacial score (nSPS) is 20.1. The molecule has 0 bridgehead atoms. The minimum absolute atomic E-state index is 0.0168. The number of hydrogen-bond donors (Lipinski definition) is 3. The number of anilines is 2. The number of nitrogens with zero attached hydrogens (tertiary/aromatic N) is 2. The summed E-state index contributed by atoms with van der Waals surface area (Å²) in [6.45, 7) is 7.00. The van der Waals surface area contributed by atoms with Gasteiger partial charge in [-0.25, -0.2) is 17.6 Å². The first-order valence-corrected chi connectivity index (χ1v) is 18.1. The van der Waals surface area contributed by atoms with Crippen LogP contribution in [0.25, 0.3) is 0 Å². The molecule has 0 saturated carbocycles. The summed E-state index contributed by atoms with van der Waals surface area (Å²) in [7, 11) is -0.647. The molecular formula is C36H48FN5O6S. The quantitative estimate of drug-likeness (QED) is 0.257. The lowest BCUT2D eigenvalue weighted by atomic mass is 10.0. The first kappa shape index (κ1) is 37.8. The Labute approximate surface area is 289 Å². The molecule has 3 aromatic rings. The van der Waals surface area contributed by atoms with Crippen molar-refractivity contribution in [2.45, 2.75) is 63.2 Å². The Balaban J connectivity index is 1.64. The number of carbonyl (C=O) groups is 2. The molecule has 0 unspecified atom stereocenters. The molecule has 49 heavy (non-hydrogen) atoms. The molecular weight excluding hydrogens is 649 g/mol. The molecule has 0 saturated heterocycles. The van der Waals surface area contributed by atoms with E-state index < -0.39 is 28.0 Å². The topological polar surface area (TPSA) is 129 Å². The second kappa shape index (κ2) is 17.6. The second-order valence-electron chi connectivity index (χ2n) is 12.6. The summed E-state index contributed by atoms with van der Waals surface area (Å²) >= 11 is 0. The van der Waals surface area contributed by atoms with Gasteiger partial charge < -0.3 is 30.3 Å². The van der Waals surface area contributed by atoms with Crippen LogP contribution in [-0.4, -0.2) is 88.1 Å². The zero-order chi connectivity index (χ0) is 35.6. The maximum absolute atomic E-state index is 14.5. The summed E-state index contributed by atoms with van der Waals surface area (Å²) in [5.41, 5.74) is 1.34. The van der Waals surface area contributed by atoms with Gasteiger partial charge in [0.25, 0.3) is 5.91 Å². The summed E-state index contributed by atoms with van der Waals surface area (Å²) < 4.78 is 54.2. The fourth-order valence-corrected chi connectivity index (χ4v) is 6.91. The second-order valence-corrected chi connectivity index (χ2v) is 14.6. The summed E-state index contributed by atoms with van der Waals surface area (Å²) in [4.78, 5) is 29.1. The lowest BCUT2D eigenvalue weighted by Gasteiger charge is -2.36. The number of amides is 3. The predicted octanol–water partition coefficient (Wildman–Crippen LogP) is 5.81. The van der Waals surface area contributed by atoms with Crippen LogP contribution in [0, 0.1) is 11.7 Å². The highest BCUT2D eigenvalue weighted by molar-refractivity contribution is 7.89. The molecule has 4 rings (SSSR count). The van der Waals surface area contributed by atoms with Crippen LogP contribution >= 0.6 is 0 Å². The van der Waals surface area contributed by atoms with Crippen molar-refractivity contribution in [3.05, 3.63) is 84.2 Å². The van der Waals surface area contributed by atoms with Gasteiger partial charge >= 0.3 is 6.03 Å². The Hall–Kier alpha value is -4.04. The fourth-order valence-electron chi connectivity index (χ4n) is 5.72. The van der Waals surface area contributed by atoms with Gasteiger partial charge in [0.05, 0.1) is 22.7 Å². The zero-order valence-electron chi connectivity index (χ0n) is 28.8. The highest BCUT2D eigenvalue weighted by Gasteiger charge is 2.32. The van der Waals surface area contributed by atoms with Gasteiger partial charge in [-0.05, 0) is 94.8 Å². The van der Waals surface area contributed by atoms with Gasteiger partial charge in [0.1, 0.15) is 11.6 Å². The number of nitrogens with one attached hydrogen (secondary N) is 3. The molecule has 13 heteroatoms. The van der Waals surface area contributed by atoms with Gasteiger partial charge in [0.15, 0.2) is 0 Å². The largest absolute Gasteiger partial charge is 0.490 e. The molecule has 11 nitrogen and oxygen atoms in total. The average Bonchev–Trinajstić information content (AvgIpc) is 3.07. The number of hydrogen-bond acceptors (Lipinski definition) is 7. The number of urea groups is 1. The van der Waals surface area contributed by atoms with E-state index in [0.29, 0.717) is 42.3 Å². The van der Waals surface area contributed by atoms with Crippen molar-refractivity contribution >= 4 is 33.3 Å². The van der Waals surface area contributed by atoms with Crippen LogP contribution in [0.2, 0.25) is 0 Å². The van der Waals surface area contributed by atoms with Crippen LogP contribution in [-0.2, 0) is 14.8 Å². The summed E-state index contributed by atoms with van der Waals surface area (Å²) in [5.74, 6) is -0.703. The summed E-state index contributed by atoms with van der Waals surface area (Å²) in [6.07, 6.45) is 1.47. The van der Waals surface area contributed by atoms with E-state index in [-0.39, 0.29) is 42.0 Å². The van der Waals surface area contributed by atoms with E-state index in [2.05, 4.69) is 16.0 Å². The third-order valence-corrected chi connectivity index (χ3v) is 10.4. The number of sulfonamides is 1. The number of para-hydroxylation sites is 1. The van der Waals surface area contributed by atoms with Crippen molar-refractivity contribution in [3.8, 4) is 5.75 Å². The van der Waals surface area contributed by atoms with E-state index in [1.54, 1.807) is 35.2 Å². The van der Waals surface area contributed by atoms with Gasteiger partial charge in [-0.1, -0.05) is 25.1 Å². The van der Waals surface area contributed by atoms with Gasteiger partial charge in [0.2, 0.25) is 10.0 Å². The molecule has 0 aromatic heterocycles. The van der Waals surface area contributed by atoms with E-state index >= 15 is 0 Å². The van der Waals surface area contributed by atoms with Gasteiger partial charge in [-0.3, -0.25) is 4.79 Å². The van der Waals surface area contributed by atoms with Crippen molar-refractivity contribution < 1.29 is 31.9 Å². The number of rotatable bonds is 9. The molecule has 0 spiro atoms. The highest BCUT2D eigenvalue weighted by Crippen LogP contribution is 2.29. The van der Waals surface area contributed by atoms with Crippen LogP contribution in [0.5, 0.6) is 5.75 Å². The van der Waals surface area contributed by atoms with Crippen molar-refractivity contribution in [2.75, 3.05) is 51.0 Å². The molecule has 4 atom stereocenters. The van der Waals surface area contributed by atoms with E-state index in [4.69, 9.17) is 9.47 Å². The van der Waals surface area contributed by atoms with Crippen molar-refractivity contribution in [1.82, 2.24) is 14.5 Å². The molecule has 1 aliphatic heterocycles. The third-order valence-electron chi connectivity index (χ3n) is 8.54. The Bertz CT molecular complexity index is 1640. The summed E-state index contributed by atoms with van der Waals surface area (Å²) in [6, 6.07) is 18.1. The Morgan fingerprint density at radius 2 is 1.71 bits per heavy atom. The van der Waals surface area contributed by atoms with Crippen molar-refractivity contribution in [3.63, 3.8) is 0 Å². The molecule has 0 aliphatic carbocycles. The number of carbonyl (C=O) groups excluding carboxylic acids is 2. The number of halogens is 1. The molecule has 1 heterocycles. The van der Waals surface area contributed by atoms with Crippen molar-refractivity contribution in [1.29, 1.82) is 0 Å². The SMILES string of the molecule is CNC[C@H](C)N1C[C@@H](C)[C@H](CN(C)S(=O)(=O)c2ccc(F)cc2)OCCCC[C@H](C)Oc2ccc(NC(=O)Nc3ccccc3)cc2C1=O. The predicted molar refractivity (Wildman–Crippen MR) is 189 cm³/mol. The molecule has 3 amide bonds. The first-order chi connectivity index (χ1) is 23.4. The number of likely N-dealkylation sites (N-methyl/N-ethyl adjacent to an activating group) is 2. The highest BCUT2D eigenvalue weighted by atomic mass is 32.2. The van der Waals surface area contributed by atoms with E-state index in [1.807, 2.05) is 46.0 Å². The molecule has 3 aromatic carbocycles. The lowest BCUT2D eigenvalue weighted by Crippen LogP contribution is -2.49. The Morgan fingerprint density at radius 1 is 1.02 bits per heavy atom. The molecule has 266 valence electrons. The van der Waals surface area contributed by atoms with Crippen LogP contribution in [0.15, 0.2) is 77.7 Å². The minimum Gasteiger partial charge on any atom is -0.490 e. The van der Waals surface area contributed by atoms with Crippen LogP contribution in [0.4, 0.5) is 20.6 Å². The van der Waals surface area contributed by atoms with Gasteiger partial charge in [-0.15, -0.1) is 0 Å². The monoisotopic (exact) mass is 697 g/mol. The molecule has 1 aliphatic rings. The number of ether oxygens (including phenoxy) is 2. The minimum atomic E-state index is -3.93. The number of benzene rings is 3. The Morgan fingerprint density at radius 3 is 2.41 bits per heavy atom. The Kier molecular flexibility index (Phi) is 13.5. The van der Waals surface area contributed by atoms with Crippen LogP contribution in [0.3, 0.4) is 0 Å². The maximum atomic E-state index is 14.5. The molecule has 0 radical (unpaired) electrons. The first-order valence-electron chi connectivity index (χ1n) is 16.6. The van der Waals surface area contributed by atoms with Gasteiger partial charge in [-0.2, -0.15) is 4.31 Å². The van der Waals surface area contributed by atoms with Gasteiger partial charge in [0, 0.05) is 56.6 Å². The van der Waals surface area contributed by atoms with Crippen molar-refractivity contribution in [2.24, 2.45) is 5.92 Å². The van der Waals surface area contributed by atoms with E-state index in [9.17, 15) is 22.4 Å². The zero-order valence-corrected chi connectivity index (χ0v) is 29.6.